The third kappa shape index (κ3) is 3.36. The van der Waals surface area contributed by atoms with E-state index in [1.54, 1.807) is 0 Å². The fourth-order valence-corrected chi connectivity index (χ4v) is 2.20. The Balaban J connectivity index is 1.55. The quantitative estimate of drug-likeness (QED) is 0.739. The molecule has 0 fully saturated rings. The van der Waals surface area contributed by atoms with Crippen molar-refractivity contribution in [1.29, 1.82) is 0 Å². The molecule has 112 valence electrons. The average molecular weight is 289 g/mol. The molecule has 21 heavy (non-hydrogen) atoms. The third-order valence-electron chi connectivity index (χ3n) is 3.26. The van der Waals surface area contributed by atoms with E-state index in [-0.39, 0.29) is 6.04 Å². The summed E-state index contributed by atoms with van der Waals surface area (Å²) in [4.78, 5) is 8.63. The van der Waals surface area contributed by atoms with Crippen LogP contribution in [0.1, 0.15) is 12.5 Å². The van der Waals surface area contributed by atoms with Gasteiger partial charge in [0.1, 0.15) is 0 Å². The summed E-state index contributed by atoms with van der Waals surface area (Å²) >= 11 is 0. The Morgan fingerprint density at radius 3 is 3.14 bits per heavy atom. The molecule has 0 aliphatic carbocycles. The van der Waals surface area contributed by atoms with Crippen molar-refractivity contribution >= 4 is 11.9 Å². The van der Waals surface area contributed by atoms with Crippen LogP contribution in [0.15, 0.2) is 28.2 Å². The minimum atomic E-state index is 0.117. The van der Waals surface area contributed by atoms with E-state index >= 15 is 0 Å². The molecule has 2 heterocycles. The van der Waals surface area contributed by atoms with Gasteiger partial charge in [0, 0.05) is 6.54 Å². The SMILES string of the molecule is C[C@H]1CN=C(N)NC(NCCc2ccc3c(c2)OCO3)=N1. The third-order valence-corrected chi connectivity index (χ3v) is 3.26. The Kier molecular flexibility index (Phi) is 3.81. The second-order valence-corrected chi connectivity index (χ2v) is 5.04. The summed E-state index contributed by atoms with van der Waals surface area (Å²) in [6.07, 6.45) is 0.850. The van der Waals surface area contributed by atoms with Crippen LogP contribution in [-0.2, 0) is 6.42 Å². The molecule has 2 aliphatic rings. The Bertz CT molecular complexity index is 585. The van der Waals surface area contributed by atoms with Crippen LogP contribution < -0.4 is 25.8 Å². The summed E-state index contributed by atoms with van der Waals surface area (Å²) in [5, 5.41) is 6.20. The number of nitrogens with zero attached hydrogens (tertiary/aromatic N) is 2. The average Bonchev–Trinajstić information content (AvgIpc) is 2.86. The maximum Gasteiger partial charge on any atom is 0.231 e. The lowest BCUT2D eigenvalue weighted by Crippen LogP contribution is -2.44. The smallest absolute Gasteiger partial charge is 0.231 e. The molecule has 7 heteroatoms. The Morgan fingerprint density at radius 2 is 2.24 bits per heavy atom. The minimum absolute atomic E-state index is 0.117. The lowest BCUT2D eigenvalue weighted by molar-refractivity contribution is 0.174. The lowest BCUT2D eigenvalue weighted by atomic mass is 10.1. The zero-order valence-electron chi connectivity index (χ0n) is 11.9. The Hall–Kier alpha value is -2.44. The number of nitrogens with two attached hydrogens (primary N) is 1. The second-order valence-electron chi connectivity index (χ2n) is 5.04. The van der Waals surface area contributed by atoms with Crippen LogP contribution in [0, 0.1) is 0 Å². The first kappa shape index (κ1) is 13.5. The van der Waals surface area contributed by atoms with Gasteiger partial charge in [0.05, 0.1) is 12.6 Å². The zero-order valence-corrected chi connectivity index (χ0v) is 11.9. The number of ether oxygens (including phenoxy) is 2. The number of fused-ring (bicyclic) bond motifs is 1. The monoisotopic (exact) mass is 289 g/mol. The zero-order chi connectivity index (χ0) is 14.7. The predicted molar refractivity (Wildman–Crippen MR) is 80.8 cm³/mol. The Labute approximate surface area is 123 Å². The highest BCUT2D eigenvalue weighted by molar-refractivity contribution is 5.98. The van der Waals surface area contributed by atoms with E-state index in [0.29, 0.717) is 25.3 Å². The molecule has 0 spiro atoms. The number of guanidine groups is 2. The van der Waals surface area contributed by atoms with Crippen molar-refractivity contribution in [3.8, 4) is 11.5 Å². The van der Waals surface area contributed by atoms with Crippen molar-refractivity contribution in [2.75, 3.05) is 19.9 Å². The van der Waals surface area contributed by atoms with Gasteiger partial charge in [-0.15, -0.1) is 0 Å². The molecule has 0 aromatic heterocycles. The van der Waals surface area contributed by atoms with Gasteiger partial charge in [-0.3, -0.25) is 10.3 Å². The largest absolute Gasteiger partial charge is 0.454 e. The minimum Gasteiger partial charge on any atom is -0.454 e. The van der Waals surface area contributed by atoms with Gasteiger partial charge in [-0.05, 0) is 31.0 Å². The molecule has 0 unspecified atom stereocenters. The number of nitrogens with one attached hydrogen (secondary N) is 2. The number of benzene rings is 1. The van der Waals surface area contributed by atoms with E-state index in [1.807, 2.05) is 25.1 Å². The highest BCUT2D eigenvalue weighted by Gasteiger charge is 2.13. The van der Waals surface area contributed by atoms with Crippen LogP contribution in [0.4, 0.5) is 0 Å². The van der Waals surface area contributed by atoms with E-state index in [0.717, 1.165) is 24.5 Å². The molecule has 1 atom stereocenters. The summed E-state index contributed by atoms with van der Waals surface area (Å²) in [6, 6.07) is 6.10. The Morgan fingerprint density at radius 1 is 1.38 bits per heavy atom. The summed E-state index contributed by atoms with van der Waals surface area (Å²) in [7, 11) is 0. The fourth-order valence-electron chi connectivity index (χ4n) is 2.20. The number of aliphatic imine (C=N–C) groups is 2. The van der Waals surface area contributed by atoms with E-state index in [4.69, 9.17) is 15.2 Å². The highest BCUT2D eigenvalue weighted by atomic mass is 16.7. The molecule has 1 aromatic carbocycles. The molecule has 0 radical (unpaired) electrons. The van der Waals surface area contributed by atoms with Gasteiger partial charge in [0.2, 0.25) is 6.79 Å². The number of rotatable bonds is 3. The van der Waals surface area contributed by atoms with Crippen molar-refractivity contribution < 1.29 is 9.47 Å². The summed E-state index contributed by atoms with van der Waals surface area (Å²) in [6.45, 7) is 3.65. The fraction of sp³-hybridized carbons (Fsp3) is 0.429. The number of hydrogen-bond donors (Lipinski definition) is 3. The van der Waals surface area contributed by atoms with E-state index in [9.17, 15) is 0 Å². The molecule has 0 saturated heterocycles. The van der Waals surface area contributed by atoms with Crippen molar-refractivity contribution in [2.45, 2.75) is 19.4 Å². The van der Waals surface area contributed by atoms with Crippen LogP contribution in [0.5, 0.6) is 11.5 Å². The standard InChI is InChI=1S/C14H19N5O2/c1-9-7-17-13(15)19-14(18-9)16-5-4-10-2-3-11-12(6-10)21-8-20-11/h2-3,6,9H,4-5,7-8H2,1H3,(H4,15,16,17,18,19)/t9-/m0/s1. The summed E-state index contributed by atoms with van der Waals surface area (Å²) in [5.74, 6) is 2.68. The van der Waals surface area contributed by atoms with Gasteiger partial charge in [0.15, 0.2) is 23.4 Å². The van der Waals surface area contributed by atoms with Crippen molar-refractivity contribution in [3.05, 3.63) is 23.8 Å². The van der Waals surface area contributed by atoms with Crippen LogP contribution in [0.25, 0.3) is 0 Å². The lowest BCUT2D eigenvalue weighted by Gasteiger charge is -2.11. The van der Waals surface area contributed by atoms with Gasteiger partial charge in [-0.2, -0.15) is 0 Å². The van der Waals surface area contributed by atoms with Gasteiger partial charge >= 0.3 is 0 Å². The normalized spacial score (nSPS) is 20.1. The van der Waals surface area contributed by atoms with Crippen LogP contribution in [0.3, 0.4) is 0 Å². The molecule has 2 aliphatic heterocycles. The molecule has 0 saturated carbocycles. The van der Waals surface area contributed by atoms with Crippen LogP contribution in [0.2, 0.25) is 0 Å². The van der Waals surface area contributed by atoms with Crippen molar-refractivity contribution in [3.63, 3.8) is 0 Å². The van der Waals surface area contributed by atoms with E-state index < -0.39 is 0 Å². The summed E-state index contributed by atoms with van der Waals surface area (Å²) < 4.78 is 10.7. The van der Waals surface area contributed by atoms with Gasteiger partial charge in [-0.1, -0.05) is 6.07 Å². The van der Waals surface area contributed by atoms with E-state index in [2.05, 4.69) is 20.6 Å². The molecule has 0 bridgehead atoms. The molecule has 0 amide bonds. The molecule has 4 N–H and O–H groups in total. The second kappa shape index (κ2) is 5.90. The van der Waals surface area contributed by atoms with E-state index in [1.165, 1.54) is 5.56 Å². The molecule has 1 aromatic rings. The van der Waals surface area contributed by atoms with Crippen LogP contribution >= 0.6 is 0 Å². The number of hydrogen-bond acceptors (Lipinski definition) is 7. The molecular weight excluding hydrogens is 270 g/mol. The van der Waals surface area contributed by atoms with Gasteiger partial charge in [-0.25, -0.2) is 4.99 Å². The van der Waals surface area contributed by atoms with Crippen LogP contribution in [-0.4, -0.2) is 37.8 Å². The first-order valence-corrected chi connectivity index (χ1v) is 6.98. The van der Waals surface area contributed by atoms with Gasteiger partial charge in [0.25, 0.3) is 0 Å². The molecule has 3 rings (SSSR count). The predicted octanol–water partition coefficient (Wildman–Crippen LogP) is 0.210. The molecule has 7 nitrogen and oxygen atoms in total. The maximum atomic E-state index is 5.72. The van der Waals surface area contributed by atoms with Crippen molar-refractivity contribution in [1.82, 2.24) is 10.6 Å². The van der Waals surface area contributed by atoms with Gasteiger partial charge < -0.3 is 20.5 Å². The summed E-state index contributed by atoms with van der Waals surface area (Å²) in [5.41, 5.74) is 6.90. The topological polar surface area (TPSA) is 93.3 Å². The molecular formula is C14H19N5O2. The first-order chi connectivity index (χ1) is 10.2. The van der Waals surface area contributed by atoms with Crippen molar-refractivity contribution in [2.24, 2.45) is 15.7 Å². The maximum absolute atomic E-state index is 5.72. The highest BCUT2D eigenvalue weighted by Crippen LogP contribution is 2.32. The first-order valence-electron chi connectivity index (χ1n) is 6.98.